The fourth-order valence-corrected chi connectivity index (χ4v) is 6.17. The van der Waals surface area contributed by atoms with E-state index in [0.29, 0.717) is 35.9 Å². The van der Waals surface area contributed by atoms with Crippen LogP contribution in [-0.4, -0.2) is 57.5 Å². The highest BCUT2D eigenvalue weighted by molar-refractivity contribution is 7.92. The molecular weight excluding hydrogens is 585 g/mol. The lowest BCUT2D eigenvalue weighted by Crippen LogP contribution is -2.52. The summed E-state index contributed by atoms with van der Waals surface area (Å²) >= 11 is 6.41. The minimum atomic E-state index is -4.38. The zero-order chi connectivity index (χ0) is 30.3. The summed E-state index contributed by atoms with van der Waals surface area (Å²) in [6.45, 7) is 4.00. The van der Waals surface area contributed by atoms with Gasteiger partial charge in [0.2, 0.25) is 11.8 Å². The first-order chi connectivity index (χ1) is 20.1. The maximum atomic E-state index is 14.1. The van der Waals surface area contributed by atoms with Crippen LogP contribution in [0.25, 0.3) is 0 Å². The van der Waals surface area contributed by atoms with Crippen molar-refractivity contribution in [1.29, 1.82) is 0 Å². The van der Waals surface area contributed by atoms with E-state index in [0.717, 1.165) is 16.4 Å². The van der Waals surface area contributed by atoms with Crippen LogP contribution in [0, 0.1) is 5.82 Å². The highest BCUT2D eigenvalue weighted by Gasteiger charge is 2.34. The van der Waals surface area contributed by atoms with Crippen LogP contribution in [0.15, 0.2) is 71.6 Å². The quantitative estimate of drug-likeness (QED) is 0.314. The molecule has 0 aliphatic carbocycles. The Morgan fingerprint density at radius 2 is 1.69 bits per heavy atom. The fourth-order valence-electron chi connectivity index (χ4n) is 4.54. The molecule has 0 radical (unpaired) electrons. The van der Waals surface area contributed by atoms with Crippen molar-refractivity contribution in [3.8, 4) is 11.5 Å². The van der Waals surface area contributed by atoms with Gasteiger partial charge < -0.3 is 19.7 Å². The molecule has 0 aromatic heterocycles. The predicted molar refractivity (Wildman–Crippen MR) is 158 cm³/mol. The Morgan fingerprint density at radius 1 is 1.00 bits per heavy atom. The normalized spacial score (nSPS) is 13.2. The lowest BCUT2D eigenvalue weighted by atomic mass is 10.1. The van der Waals surface area contributed by atoms with Crippen LogP contribution in [-0.2, 0) is 26.2 Å². The lowest BCUT2D eigenvalue weighted by molar-refractivity contribution is -0.140. The molecule has 9 nitrogen and oxygen atoms in total. The van der Waals surface area contributed by atoms with Gasteiger partial charge in [-0.3, -0.25) is 13.9 Å². The molecule has 0 saturated carbocycles. The number of ether oxygens (including phenoxy) is 2. The number of sulfonamides is 1. The van der Waals surface area contributed by atoms with Gasteiger partial charge >= 0.3 is 0 Å². The third-order valence-electron chi connectivity index (χ3n) is 6.73. The Bertz CT molecular complexity index is 1520. The molecule has 1 heterocycles. The van der Waals surface area contributed by atoms with Crippen molar-refractivity contribution in [1.82, 2.24) is 10.2 Å². The van der Waals surface area contributed by atoms with E-state index in [-0.39, 0.29) is 41.8 Å². The highest BCUT2D eigenvalue weighted by Crippen LogP contribution is 2.34. The smallest absolute Gasteiger partial charge is 0.264 e. The van der Waals surface area contributed by atoms with E-state index in [9.17, 15) is 22.4 Å². The van der Waals surface area contributed by atoms with E-state index in [2.05, 4.69) is 5.32 Å². The molecule has 3 aromatic carbocycles. The third kappa shape index (κ3) is 7.14. The monoisotopic (exact) mass is 617 g/mol. The van der Waals surface area contributed by atoms with Gasteiger partial charge in [-0.25, -0.2) is 12.8 Å². The molecule has 224 valence electrons. The van der Waals surface area contributed by atoms with Crippen molar-refractivity contribution in [3.05, 3.63) is 83.1 Å². The lowest BCUT2D eigenvalue weighted by Gasteiger charge is -2.33. The number of carbonyl (C=O) groups is 2. The predicted octanol–water partition coefficient (Wildman–Crippen LogP) is 4.78. The molecule has 0 bridgehead atoms. The molecule has 0 saturated heterocycles. The molecule has 1 N–H and O–H groups in total. The van der Waals surface area contributed by atoms with Gasteiger partial charge in [0.05, 0.1) is 10.6 Å². The zero-order valence-corrected chi connectivity index (χ0v) is 25.0. The molecule has 12 heteroatoms. The third-order valence-corrected chi connectivity index (χ3v) is 8.87. The van der Waals surface area contributed by atoms with Gasteiger partial charge in [0.1, 0.15) is 31.6 Å². The van der Waals surface area contributed by atoms with Gasteiger partial charge in [-0.15, -0.1) is 0 Å². The van der Waals surface area contributed by atoms with E-state index in [1.54, 1.807) is 31.2 Å². The number of hydrogen-bond donors (Lipinski definition) is 1. The van der Waals surface area contributed by atoms with Crippen LogP contribution in [0.1, 0.15) is 32.3 Å². The van der Waals surface area contributed by atoms with Crippen LogP contribution >= 0.6 is 11.6 Å². The average Bonchev–Trinajstić information content (AvgIpc) is 2.99. The highest BCUT2D eigenvalue weighted by atomic mass is 35.5. The zero-order valence-electron chi connectivity index (χ0n) is 23.4. The average molecular weight is 618 g/mol. The molecule has 1 atom stereocenters. The van der Waals surface area contributed by atoms with E-state index in [4.69, 9.17) is 21.1 Å². The van der Waals surface area contributed by atoms with Gasteiger partial charge in [-0.2, -0.15) is 0 Å². The summed E-state index contributed by atoms with van der Waals surface area (Å²) in [5.74, 6) is -0.909. The number of fused-ring (bicyclic) bond motifs is 1. The summed E-state index contributed by atoms with van der Waals surface area (Å²) in [6, 6.07) is 15.0. The van der Waals surface area contributed by atoms with Crippen LogP contribution in [0.3, 0.4) is 0 Å². The Hall–Kier alpha value is -3.83. The SMILES string of the molecule is CCCNC(=O)C(CC)N(Cc1ccccc1Cl)C(=O)CN(c1ccc(F)cc1)S(=O)(=O)c1ccc2c(c1)OCCO2. The van der Waals surface area contributed by atoms with Crippen LogP contribution in [0.5, 0.6) is 11.5 Å². The number of anilines is 1. The molecule has 1 aliphatic rings. The molecular formula is C30H33ClFN3O6S. The molecule has 42 heavy (non-hydrogen) atoms. The number of hydrogen-bond acceptors (Lipinski definition) is 6. The summed E-state index contributed by atoms with van der Waals surface area (Å²) < 4.78 is 53.9. The molecule has 1 unspecified atom stereocenters. The van der Waals surface area contributed by atoms with E-state index >= 15 is 0 Å². The van der Waals surface area contributed by atoms with E-state index < -0.39 is 34.3 Å². The summed E-state index contributed by atoms with van der Waals surface area (Å²) in [5.41, 5.74) is 0.665. The van der Waals surface area contributed by atoms with Crippen molar-refractivity contribution in [3.63, 3.8) is 0 Å². The molecule has 0 fully saturated rings. The first-order valence-electron chi connectivity index (χ1n) is 13.6. The molecule has 2 amide bonds. The molecule has 1 aliphatic heterocycles. The Labute approximate surface area is 250 Å². The van der Waals surface area contributed by atoms with Crippen molar-refractivity contribution in [2.75, 3.05) is 30.6 Å². The number of nitrogens with zero attached hydrogens (tertiary/aromatic N) is 2. The van der Waals surface area contributed by atoms with Crippen LogP contribution in [0.2, 0.25) is 5.02 Å². The first-order valence-corrected chi connectivity index (χ1v) is 15.5. The standard InChI is InChI=1S/C30H33ClFN3O6S/c1-3-15-33-30(37)26(4-2)34(19-21-7-5-6-8-25(21)31)29(36)20-35(23-11-9-22(32)10-12-23)42(38,39)24-13-14-27-28(18-24)41-17-16-40-27/h5-14,18,26H,3-4,15-17,19-20H2,1-2H3,(H,33,37). The van der Waals surface area contributed by atoms with Crippen molar-refractivity contribution in [2.24, 2.45) is 0 Å². The number of nitrogens with one attached hydrogen (secondary N) is 1. The van der Waals surface area contributed by atoms with Gasteiger partial charge in [-0.1, -0.05) is 43.6 Å². The number of amides is 2. The largest absolute Gasteiger partial charge is 0.486 e. The summed E-state index contributed by atoms with van der Waals surface area (Å²) in [7, 11) is -4.38. The molecule has 4 rings (SSSR count). The summed E-state index contributed by atoms with van der Waals surface area (Å²) in [5, 5.41) is 3.23. The van der Waals surface area contributed by atoms with Crippen molar-refractivity contribution >= 4 is 39.1 Å². The van der Waals surface area contributed by atoms with Gasteiger partial charge in [0, 0.05) is 24.2 Å². The maximum Gasteiger partial charge on any atom is 0.264 e. The minimum Gasteiger partial charge on any atom is -0.486 e. The second-order valence-electron chi connectivity index (χ2n) is 9.62. The van der Waals surface area contributed by atoms with Gasteiger partial charge in [0.15, 0.2) is 11.5 Å². The van der Waals surface area contributed by atoms with Crippen LogP contribution < -0.4 is 19.1 Å². The fraction of sp³-hybridized carbons (Fsp3) is 0.333. The van der Waals surface area contributed by atoms with Gasteiger partial charge in [-0.05, 0) is 60.9 Å². The minimum absolute atomic E-state index is 0.0299. The van der Waals surface area contributed by atoms with E-state index in [1.165, 1.54) is 35.2 Å². The second kappa shape index (κ2) is 13.9. The maximum absolute atomic E-state index is 14.1. The topological polar surface area (TPSA) is 105 Å². The number of benzene rings is 3. The number of halogens is 2. The van der Waals surface area contributed by atoms with Crippen molar-refractivity contribution < 1.29 is 31.9 Å². The second-order valence-corrected chi connectivity index (χ2v) is 11.9. The summed E-state index contributed by atoms with van der Waals surface area (Å²) in [4.78, 5) is 28.4. The van der Waals surface area contributed by atoms with Gasteiger partial charge in [0.25, 0.3) is 10.0 Å². The number of rotatable bonds is 12. The molecule has 0 spiro atoms. The Kier molecular flexibility index (Phi) is 10.3. The van der Waals surface area contributed by atoms with Crippen molar-refractivity contribution in [2.45, 2.75) is 44.2 Å². The Morgan fingerprint density at radius 3 is 2.36 bits per heavy atom. The first kappa shape index (κ1) is 31.1. The molecule has 3 aromatic rings. The van der Waals surface area contributed by atoms with E-state index in [1.807, 2.05) is 6.92 Å². The number of carbonyl (C=O) groups excluding carboxylic acids is 2. The summed E-state index contributed by atoms with van der Waals surface area (Å²) in [6.07, 6.45) is 0.976. The Balaban J connectivity index is 1.74. The van der Waals surface area contributed by atoms with Crippen LogP contribution in [0.4, 0.5) is 10.1 Å².